The number of carbonyl (C=O) groups is 1. The summed E-state index contributed by atoms with van der Waals surface area (Å²) in [6.07, 6.45) is 4.97. The average Bonchev–Trinajstić information content (AvgIpc) is 2.49. The molecule has 20 heavy (non-hydrogen) atoms. The van der Waals surface area contributed by atoms with Gasteiger partial charge in [0.1, 0.15) is 11.4 Å². The SMILES string of the molecule is C#CCOCCOCCOCC(Br)C(=O)O.CC.CC. The van der Waals surface area contributed by atoms with Gasteiger partial charge in [0.2, 0.25) is 0 Å². The highest BCUT2D eigenvalue weighted by molar-refractivity contribution is 9.10. The first-order chi connectivity index (χ1) is 9.68. The Labute approximate surface area is 131 Å². The van der Waals surface area contributed by atoms with Crippen LogP contribution in [0.25, 0.3) is 0 Å². The number of terminal acetylenes is 1. The number of carboxylic acid groups (broad SMARTS) is 1. The van der Waals surface area contributed by atoms with Crippen molar-refractivity contribution < 1.29 is 24.1 Å². The number of carboxylic acids is 1. The number of hydrogen-bond donors (Lipinski definition) is 1. The summed E-state index contributed by atoms with van der Waals surface area (Å²) >= 11 is 2.95. The van der Waals surface area contributed by atoms with Crippen molar-refractivity contribution >= 4 is 21.9 Å². The van der Waals surface area contributed by atoms with E-state index in [4.69, 9.17) is 25.7 Å². The molecule has 5 nitrogen and oxygen atoms in total. The van der Waals surface area contributed by atoms with Crippen LogP contribution in [0.4, 0.5) is 0 Å². The number of alkyl halides is 1. The Morgan fingerprint density at radius 3 is 2.00 bits per heavy atom. The monoisotopic (exact) mass is 354 g/mol. The molecule has 0 aromatic carbocycles. The third-order valence-corrected chi connectivity index (χ3v) is 2.12. The highest BCUT2D eigenvalue weighted by Crippen LogP contribution is 1.99. The van der Waals surface area contributed by atoms with Gasteiger partial charge in [-0.25, -0.2) is 0 Å². The lowest BCUT2D eigenvalue weighted by Crippen LogP contribution is -2.20. The second-order valence-electron chi connectivity index (χ2n) is 2.75. The molecule has 0 fully saturated rings. The Morgan fingerprint density at radius 2 is 1.55 bits per heavy atom. The van der Waals surface area contributed by atoms with Gasteiger partial charge in [-0.15, -0.1) is 6.42 Å². The molecule has 0 rings (SSSR count). The molecule has 0 amide bonds. The summed E-state index contributed by atoms with van der Waals surface area (Å²) in [7, 11) is 0. The van der Waals surface area contributed by atoms with Gasteiger partial charge in [0.25, 0.3) is 0 Å². The fourth-order valence-corrected chi connectivity index (χ4v) is 0.914. The molecule has 0 aliphatic carbocycles. The van der Waals surface area contributed by atoms with Crippen molar-refractivity contribution in [3.05, 3.63) is 0 Å². The van der Waals surface area contributed by atoms with Gasteiger partial charge in [0.05, 0.1) is 33.0 Å². The highest BCUT2D eigenvalue weighted by Gasteiger charge is 2.12. The van der Waals surface area contributed by atoms with E-state index in [9.17, 15) is 4.79 Å². The predicted molar refractivity (Wildman–Crippen MR) is 84.3 cm³/mol. The Kier molecular flexibility index (Phi) is 28.7. The van der Waals surface area contributed by atoms with E-state index < -0.39 is 10.8 Å². The van der Waals surface area contributed by atoms with E-state index >= 15 is 0 Å². The van der Waals surface area contributed by atoms with E-state index in [1.165, 1.54) is 0 Å². The molecule has 6 heteroatoms. The third-order valence-electron chi connectivity index (χ3n) is 1.46. The molecule has 1 unspecified atom stereocenters. The summed E-state index contributed by atoms with van der Waals surface area (Å²) in [6.45, 7) is 10.0. The minimum Gasteiger partial charge on any atom is -0.480 e. The van der Waals surface area contributed by atoms with E-state index in [1.807, 2.05) is 27.7 Å². The first kappa shape index (κ1) is 24.4. The van der Waals surface area contributed by atoms with Crippen molar-refractivity contribution in [1.82, 2.24) is 0 Å². The normalized spacial score (nSPS) is 10.2. The number of rotatable bonds is 10. The molecule has 0 aromatic rings. The summed E-state index contributed by atoms with van der Waals surface area (Å²) in [5, 5.41) is 8.51. The van der Waals surface area contributed by atoms with Crippen molar-refractivity contribution in [2.45, 2.75) is 32.5 Å². The van der Waals surface area contributed by atoms with Crippen molar-refractivity contribution in [3.8, 4) is 12.3 Å². The van der Waals surface area contributed by atoms with Crippen LogP contribution in [0, 0.1) is 12.3 Å². The van der Waals surface area contributed by atoms with Crippen molar-refractivity contribution in [3.63, 3.8) is 0 Å². The van der Waals surface area contributed by atoms with Crippen LogP contribution in [0.5, 0.6) is 0 Å². The molecule has 0 saturated carbocycles. The fraction of sp³-hybridized carbons (Fsp3) is 0.786. The summed E-state index contributed by atoms with van der Waals surface area (Å²) in [5.41, 5.74) is 0. The Morgan fingerprint density at radius 1 is 1.10 bits per heavy atom. The predicted octanol–water partition coefficient (Wildman–Crippen LogP) is 2.57. The van der Waals surface area contributed by atoms with Crippen molar-refractivity contribution in [1.29, 1.82) is 0 Å². The maximum absolute atomic E-state index is 10.4. The van der Waals surface area contributed by atoms with Gasteiger partial charge in [-0.3, -0.25) is 4.79 Å². The minimum atomic E-state index is -0.941. The van der Waals surface area contributed by atoms with Gasteiger partial charge < -0.3 is 19.3 Å². The van der Waals surface area contributed by atoms with E-state index in [1.54, 1.807) is 0 Å². The van der Waals surface area contributed by atoms with Crippen LogP contribution < -0.4 is 0 Å². The van der Waals surface area contributed by atoms with E-state index in [-0.39, 0.29) is 13.2 Å². The number of halogens is 1. The van der Waals surface area contributed by atoms with Crippen molar-refractivity contribution in [2.24, 2.45) is 0 Å². The topological polar surface area (TPSA) is 65.0 Å². The molecule has 0 saturated heterocycles. The second kappa shape index (κ2) is 23.5. The zero-order valence-electron chi connectivity index (χ0n) is 12.9. The van der Waals surface area contributed by atoms with Crippen LogP contribution in [0.2, 0.25) is 0 Å². The molecule has 120 valence electrons. The van der Waals surface area contributed by atoms with Crippen LogP contribution in [-0.2, 0) is 19.0 Å². The van der Waals surface area contributed by atoms with Crippen LogP contribution in [0.15, 0.2) is 0 Å². The lowest BCUT2D eigenvalue weighted by molar-refractivity contribution is -0.137. The lowest BCUT2D eigenvalue weighted by atomic mass is 10.5. The zero-order valence-corrected chi connectivity index (χ0v) is 14.4. The molecule has 0 heterocycles. The second-order valence-corrected chi connectivity index (χ2v) is 3.86. The van der Waals surface area contributed by atoms with Crippen molar-refractivity contribution in [2.75, 3.05) is 39.6 Å². The first-order valence-electron chi connectivity index (χ1n) is 6.72. The van der Waals surface area contributed by atoms with E-state index in [0.717, 1.165) is 0 Å². The first-order valence-corrected chi connectivity index (χ1v) is 7.63. The molecule has 0 aliphatic heterocycles. The number of ether oxygens (including phenoxy) is 3. The maximum atomic E-state index is 10.4. The largest absolute Gasteiger partial charge is 0.480 e. The molecule has 1 atom stereocenters. The summed E-state index contributed by atoms with van der Waals surface area (Å²) in [5.74, 6) is 1.40. The molecular formula is C14H27BrO5. The van der Waals surface area contributed by atoms with Gasteiger partial charge in [0.15, 0.2) is 0 Å². The quantitative estimate of drug-likeness (QED) is 0.371. The summed E-state index contributed by atoms with van der Waals surface area (Å²) in [6, 6.07) is 0. The standard InChI is InChI=1S/C10H15BrO5.2C2H6/c1-2-3-14-4-5-15-6-7-16-8-9(11)10(12)13;2*1-2/h1,9H,3-8H2,(H,12,13);2*1-2H3. The van der Waals surface area contributed by atoms with E-state index in [0.29, 0.717) is 26.4 Å². The summed E-state index contributed by atoms with van der Waals surface area (Å²) < 4.78 is 15.2. The minimum absolute atomic E-state index is 0.117. The van der Waals surface area contributed by atoms with Crippen LogP contribution in [0.3, 0.4) is 0 Å². The lowest BCUT2D eigenvalue weighted by Gasteiger charge is -2.07. The summed E-state index contributed by atoms with van der Waals surface area (Å²) in [4.78, 5) is 9.70. The highest BCUT2D eigenvalue weighted by atomic mass is 79.9. The van der Waals surface area contributed by atoms with Gasteiger partial charge in [-0.1, -0.05) is 49.5 Å². The zero-order chi connectivity index (χ0) is 16.2. The smallest absolute Gasteiger partial charge is 0.319 e. The molecule has 0 bridgehead atoms. The average molecular weight is 355 g/mol. The third kappa shape index (κ3) is 22.6. The number of aliphatic carboxylic acids is 1. The van der Waals surface area contributed by atoms with Crippen LogP contribution in [0.1, 0.15) is 27.7 Å². The van der Waals surface area contributed by atoms with Gasteiger partial charge >= 0.3 is 5.97 Å². The molecule has 0 aromatic heterocycles. The molecule has 0 spiro atoms. The van der Waals surface area contributed by atoms with Gasteiger partial charge in [-0.05, 0) is 0 Å². The maximum Gasteiger partial charge on any atom is 0.319 e. The Hall–Kier alpha value is -0.610. The molecule has 0 radical (unpaired) electrons. The number of hydrogen-bond acceptors (Lipinski definition) is 4. The van der Waals surface area contributed by atoms with Crippen LogP contribution in [-0.4, -0.2) is 55.5 Å². The molecule has 1 N–H and O–H groups in total. The Bertz CT molecular complexity index is 228. The molecular weight excluding hydrogens is 328 g/mol. The Balaban J connectivity index is -0.000000656. The van der Waals surface area contributed by atoms with E-state index in [2.05, 4.69) is 21.9 Å². The van der Waals surface area contributed by atoms with Gasteiger partial charge in [0, 0.05) is 0 Å². The molecule has 0 aliphatic rings. The van der Waals surface area contributed by atoms with Gasteiger partial charge in [-0.2, -0.15) is 0 Å². The fourth-order valence-electron chi connectivity index (χ4n) is 0.727. The van der Waals surface area contributed by atoms with Crippen LogP contribution >= 0.6 is 15.9 Å².